The highest BCUT2D eigenvalue weighted by Gasteiger charge is 2.11. The molecular formula is C25H20N2O3. The Kier molecular flexibility index (Phi) is 5.49. The molecule has 1 heterocycles. The first-order valence-electron chi connectivity index (χ1n) is 9.64. The monoisotopic (exact) mass is 396 g/mol. The molecule has 0 aliphatic carbocycles. The van der Waals surface area contributed by atoms with Gasteiger partial charge in [-0.25, -0.2) is 0 Å². The number of hydrogen-bond donors (Lipinski definition) is 1. The second-order valence-corrected chi connectivity index (χ2v) is 7.00. The van der Waals surface area contributed by atoms with E-state index in [0.717, 1.165) is 29.0 Å². The van der Waals surface area contributed by atoms with Gasteiger partial charge in [-0.1, -0.05) is 6.07 Å². The Labute approximate surface area is 175 Å². The van der Waals surface area contributed by atoms with E-state index in [1.165, 1.54) is 11.6 Å². The Morgan fingerprint density at radius 3 is 2.67 bits per heavy atom. The van der Waals surface area contributed by atoms with Gasteiger partial charge in [-0.2, -0.15) is 5.26 Å². The van der Waals surface area contributed by atoms with Crippen molar-refractivity contribution < 1.29 is 14.3 Å². The van der Waals surface area contributed by atoms with Gasteiger partial charge in [-0.15, -0.1) is 0 Å². The number of amides is 1. The minimum atomic E-state index is -0.199. The van der Waals surface area contributed by atoms with E-state index in [9.17, 15) is 4.79 Å². The molecule has 1 aliphatic heterocycles. The third-order valence-electron chi connectivity index (χ3n) is 4.82. The van der Waals surface area contributed by atoms with E-state index in [4.69, 9.17) is 14.7 Å². The van der Waals surface area contributed by atoms with E-state index in [-0.39, 0.29) is 5.91 Å². The minimum absolute atomic E-state index is 0.199. The fourth-order valence-corrected chi connectivity index (χ4v) is 3.23. The fourth-order valence-electron chi connectivity index (χ4n) is 3.23. The molecule has 0 unspecified atom stereocenters. The summed E-state index contributed by atoms with van der Waals surface area (Å²) < 4.78 is 11.3. The number of fused-ring (bicyclic) bond motifs is 1. The van der Waals surface area contributed by atoms with Crippen LogP contribution in [-0.2, 0) is 11.2 Å². The normalized spacial score (nSPS) is 12.1. The molecule has 0 aromatic heterocycles. The van der Waals surface area contributed by atoms with Crippen molar-refractivity contribution >= 4 is 17.7 Å². The van der Waals surface area contributed by atoms with Crippen LogP contribution in [0.5, 0.6) is 17.2 Å². The lowest BCUT2D eigenvalue weighted by atomic mass is 10.1. The fraction of sp³-hybridized carbons (Fsp3) is 0.120. The van der Waals surface area contributed by atoms with Gasteiger partial charge in [0.1, 0.15) is 17.2 Å². The summed E-state index contributed by atoms with van der Waals surface area (Å²) in [4.78, 5) is 12.3. The molecule has 30 heavy (non-hydrogen) atoms. The Bertz CT molecular complexity index is 1160. The molecule has 1 aliphatic rings. The SMILES string of the molecule is Cc1cc(Oc2ccc(C#N)cc2)ccc1NC(=O)C=Cc1ccc2c(c1)CCO2. The molecule has 148 valence electrons. The molecule has 1 N–H and O–H groups in total. The van der Waals surface area contributed by atoms with Crippen LogP contribution in [0.1, 0.15) is 22.3 Å². The predicted octanol–water partition coefficient (Wildman–Crippen LogP) is 5.25. The molecule has 0 radical (unpaired) electrons. The molecule has 0 bridgehead atoms. The third-order valence-corrected chi connectivity index (χ3v) is 4.82. The lowest BCUT2D eigenvalue weighted by molar-refractivity contribution is -0.111. The average Bonchev–Trinajstić information content (AvgIpc) is 3.23. The van der Waals surface area contributed by atoms with Crippen molar-refractivity contribution in [1.82, 2.24) is 0 Å². The van der Waals surface area contributed by atoms with Crippen LogP contribution in [-0.4, -0.2) is 12.5 Å². The maximum Gasteiger partial charge on any atom is 0.248 e. The summed E-state index contributed by atoms with van der Waals surface area (Å²) in [6.45, 7) is 2.62. The number of carbonyl (C=O) groups is 1. The first-order chi connectivity index (χ1) is 14.6. The zero-order chi connectivity index (χ0) is 20.9. The Morgan fingerprint density at radius 2 is 1.90 bits per heavy atom. The van der Waals surface area contributed by atoms with Gasteiger partial charge in [0.15, 0.2) is 0 Å². The van der Waals surface area contributed by atoms with Crippen LogP contribution in [0.25, 0.3) is 6.08 Å². The summed E-state index contributed by atoms with van der Waals surface area (Å²) in [6.07, 6.45) is 4.23. The first kappa shape index (κ1) is 19.3. The van der Waals surface area contributed by atoms with Gasteiger partial charge in [0.25, 0.3) is 0 Å². The molecule has 0 fully saturated rings. The Hall–Kier alpha value is -4.04. The van der Waals surface area contributed by atoms with Gasteiger partial charge >= 0.3 is 0 Å². The number of aryl methyl sites for hydroxylation is 1. The number of anilines is 1. The highest BCUT2D eigenvalue weighted by Crippen LogP contribution is 2.27. The number of rotatable bonds is 5. The molecule has 0 atom stereocenters. The highest BCUT2D eigenvalue weighted by molar-refractivity contribution is 6.02. The second-order valence-electron chi connectivity index (χ2n) is 7.00. The van der Waals surface area contributed by atoms with Crippen LogP contribution in [0.15, 0.2) is 66.7 Å². The number of nitrogens with one attached hydrogen (secondary N) is 1. The minimum Gasteiger partial charge on any atom is -0.493 e. The van der Waals surface area contributed by atoms with Crippen LogP contribution in [0.2, 0.25) is 0 Å². The van der Waals surface area contributed by atoms with Crippen molar-refractivity contribution in [2.75, 3.05) is 11.9 Å². The summed E-state index contributed by atoms with van der Waals surface area (Å²) >= 11 is 0. The third kappa shape index (κ3) is 4.50. The lowest BCUT2D eigenvalue weighted by Crippen LogP contribution is -2.08. The lowest BCUT2D eigenvalue weighted by Gasteiger charge is -2.10. The number of carbonyl (C=O) groups excluding carboxylic acids is 1. The summed E-state index contributed by atoms with van der Waals surface area (Å²) in [5, 5.41) is 11.8. The van der Waals surface area contributed by atoms with E-state index in [0.29, 0.717) is 23.7 Å². The van der Waals surface area contributed by atoms with Gasteiger partial charge in [-0.05, 0) is 84.3 Å². The van der Waals surface area contributed by atoms with Crippen LogP contribution >= 0.6 is 0 Å². The molecule has 0 saturated carbocycles. The van der Waals surface area contributed by atoms with Gasteiger partial charge < -0.3 is 14.8 Å². The van der Waals surface area contributed by atoms with E-state index in [1.54, 1.807) is 36.4 Å². The Morgan fingerprint density at radius 1 is 1.10 bits per heavy atom. The molecule has 0 saturated heterocycles. The summed E-state index contributed by atoms with van der Waals surface area (Å²) in [6, 6.07) is 20.4. The molecule has 4 rings (SSSR count). The first-order valence-corrected chi connectivity index (χ1v) is 9.64. The van der Waals surface area contributed by atoms with Gasteiger partial charge in [0.2, 0.25) is 5.91 Å². The zero-order valence-corrected chi connectivity index (χ0v) is 16.5. The van der Waals surface area contributed by atoms with Crippen molar-refractivity contribution in [3.8, 4) is 23.3 Å². The molecule has 5 nitrogen and oxygen atoms in total. The van der Waals surface area contributed by atoms with Crippen molar-refractivity contribution in [3.05, 3.63) is 89.0 Å². The number of nitriles is 1. The van der Waals surface area contributed by atoms with Gasteiger partial charge in [0.05, 0.1) is 18.2 Å². The van der Waals surface area contributed by atoms with Crippen molar-refractivity contribution in [2.24, 2.45) is 0 Å². The number of benzene rings is 3. The summed E-state index contributed by atoms with van der Waals surface area (Å²) in [5.41, 5.74) is 4.33. The topological polar surface area (TPSA) is 71.3 Å². The number of ether oxygens (including phenoxy) is 2. The quantitative estimate of drug-likeness (QED) is 0.598. The molecule has 3 aromatic rings. The Balaban J connectivity index is 1.39. The smallest absolute Gasteiger partial charge is 0.248 e. The largest absolute Gasteiger partial charge is 0.493 e. The molecule has 3 aromatic carbocycles. The molecule has 5 heteroatoms. The van der Waals surface area contributed by atoms with Crippen LogP contribution in [0, 0.1) is 18.3 Å². The van der Waals surface area contributed by atoms with E-state index < -0.39 is 0 Å². The van der Waals surface area contributed by atoms with Crippen LogP contribution in [0.4, 0.5) is 5.69 Å². The van der Waals surface area contributed by atoms with Gasteiger partial charge in [0, 0.05) is 18.2 Å². The summed E-state index contributed by atoms with van der Waals surface area (Å²) in [5.74, 6) is 2.03. The maximum atomic E-state index is 12.3. The van der Waals surface area contributed by atoms with E-state index in [2.05, 4.69) is 11.4 Å². The van der Waals surface area contributed by atoms with Crippen LogP contribution in [0.3, 0.4) is 0 Å². The standard InChI is InChI=1S/C25H20N2O3/c1-17-14-22(30-21-6-2-19(16-26)3-7-21)8-9-23(17)27-25(28)11-5-18-4-10-24-20(15-18)12-13-29-24/h2-11,14-15H,12-13H2,1H3,(H,27,28). The second kappa shape index (κ2) is 8.54. The number of nitrogens with zero attached hydrogens (tertiary/aromatic N) is 1. The van der Waals surface area contributed by atoms with Gasteiger partial charge in [-0.3, -0.25) is 4.79 Å². The highest BCUT2D eigenvalue weighted by atomic mass is 16.5. The maximum absolute atomic E-state index is 12.3. The van der Waals surface area contributed by atoms with Crippen molar-refractivity contribution in [3.63, 3.8) is 0 Å². The predicted molar refractivity (Wildman–Crippen MR) is 116 cm³/mol. The van der Waals surface area contributed by atoms with E-state index >= 15 is 0 Å². The van der Waals surface area contributed by atoms with Crippen molar-refractivity contribution in [2.45, 2.75) is 13.3 Å². The van der Waals surface area contributed by atoms with Crippen LogP contribution < -0.4 is 14.8 Å². The molecule has 1 amide bonds. The summed E-state index contributed by atoms with van der Waals surface area (Å²) in [7, 11) is 0. The molecular weight excluding hydrogens is 376 g/mol. The van der Waals surface area contributed by atoms with E-state index in [1.807, 2.05) is 37.3 Å². The van der Waals surface area contributed by atoms with Crippen molar-refractivity contribution in [1.29, 1.82) is 5.26 Å². The zero-order valence-electron chi connectivity index (χ0n) is 16.5. The molecule has 0 spiro atoms. The average molecular weight is 396 g/mol. The number of hydrogen-bond acceptors (Lipinski definition) is 4.